The average molecular weight is 406 g/mol. The molecule has 0 unspecified atom stereocenters. The van der Waals surface area contributed by atoms with Gasteiger partial charge in [-0.25, -0.2) is 12.8 Å². The van der Waals surface area contributed by atoms with Crippen molar-refractivity contribution >= 4 is 15.9 Å². The van der Waals surface area contributed by atoms with Gasteiger partial charge < -0.3 is 10.1 Å². The van der Waals surface area contributed by atoms with E-state index < -0.39 is 21.7 Å². The summed E-state index contributed by atoms with van der Waals surface area (Å²) in [6, 6.07) is 11.8. The lowest BCUT2D eigenvalue weighted by molar-refractivity contribution is 0.0946. The maximum absolute atomic E-state index is 13.1. The van der Waals surface area contributed by atoms with Crippen molar-refractivity contribution in [3.63, 3.8) is 0 Å². The fourth-order valence-electron chi connectivity index (χ4n) is 3.04. The fraction of sp³-hybridized carbons (Fsp3) is 0.350. The minimum absolute atomic E-state index is 0.123. The van der Waals surface area contributed by atoms with E-state index in [1.54, 1.807) is 18.2 Å². The third-order valence-electron chi connectivity index (χ3n) is 4.50. The minimum atomic E-state index is -3.59. The van der Waals surface area contributed by atoms with Gasteiger partial charge in [0.15, 0.2) is 0 Å². The van der Waals surface area contributed by atoms with Crippen LogP contribution in [0.5, 0.6) is 5.75 Å². The Morgan fingerprint density at radius 1 is 1.07 bits per heavy atom. The Hall–Kier alpha value is -2.45. The van der Waals surface area contributed by atoms with E-state index >= 15 is 0 Å². The monoisotopic (exact) mass is 406 g/mol. The lowest BCUT2D eigenvalue weighted by Crippen LogP contribution is -2.35. The molecular weight excluding hydrogens is 383 g/mol. The summed E-state index contributed by atoms with van der Waals surface area (Å²) >= 11 is 0. The van der Waals surface area contributed by atoms with Crippen molar-refractivity contribution in [1.29, 1.82) is 0 Å². The molecule has 1 amide bonds. The number of sulfonamides is 1. The van der Waals surface area contributed by atoms with E-state index in [0.717, 1.165) is 19.3 Å². The first-order valence-corrected chi connectivity index (χ1v) is 10.7. The van der Waals surface area contributed by atoms with Gasteiger partial charge in [0.2, 0.25) is 10.0 Å². The molecule has 1 fully saturated rings. The summed E-state index contributed by atoms with van der Waals surface area (Å²) in [4.78, 5) is 12.5. The Morgan fingerprint density at radius 3 is 2.57 bits per heavy atom. The van der Waals surface area contributed by atoms with Crippen LogP contribution in [0.1, 0.15) is 29.6 Å². The maximum Gasteiger partial charge on any atom is 0.251 e. The first kappa shape index (κ1) is 20.3. The van der Waals surface area contributed by atoms with Crippen LogP contribution in [-0.4, -0.2) is 44.9 Å². The third kappa shape index (κ3) is 5.08. The third-order valence-corrected chi connectivity index (χ3v) is 6.40. The van der Waals surface area contributed by atoms with Gasteiger partial charge in [-0.1, -0.05) is 18.6 Å². The van der Waals surface area contributed by atoms with Gasteiger partial charge in [-0.3, -0.25) is 4.79 Å². The fourth-order valence-corrected chi connectivity index (χ4v) is 4.61. The van der Waals surface area contributed by atoms with Gasteiger partial charge in [0.05, 0.1) is 11.4 Å². The van der Waals surface area contributed by atoms with Crippen LogP contribution in [-0.2, 0) is 10.0 Å². The second kappa shape index (κ2) is 9.16. The highest BCUT2D eigenvalue weighted by atomic mass is 32.2. The van der Waals surface area contributed by atoms with Crippen LogP contribution in [0.4, 0.5) is 4.39 Å². The number of hydrogen-bond acceptors (Lipinski definition) is 4. The van der Waals surface area contributed by atoms with Crippen molar-refractivity contribution in [2.45, 2.75) is 24.2 Å². The first-order chi connectivity index (χ1) is 13.5. The number of nitrogens with one attached hydrogen (secondary N) is 1. The summed E-state index contributed by atoms with van der Waals surface area (Å²) in [5.74, 6) is -0.407. The summed E-state index contributed by atoms with van der Waals surface area (Å²) in [6.07, 6.45) is 2.74. The molecule has 0 atom stereocenters. The van der Waals surface area contributed by atoms with Gasteiger partial charge in [0.1, 0.15) is 18.2 Å². The lowest BCUT2D eigenvalue weighted by atomic mass is 10.2. The number of rotatable bonds is 7. The van der Waals surface area contributed by atoms with Crippen molar-refractivity contribution in [2.75, 3.05) is 26.2 Å². The van der Waals surface area contributed by atoms with Gasteiger partial charge in [0, 0.05) is 24.7 Å². The van der Waals surface area contributed by atoms with Crippen LogP contribution < -0.4 is 10.1 Å². The molecule has 28 heavy (non-hydrogen) atoms. The highest BCUT2D eigenvalue weighted by Crippen LogP contribution is 2.21. The zero-order valence-corrected chi connectivity index (χ0v) is 16.3. The van der Waals surface area contributed by atoms with Crippen LogP contribution in [0.15, 0.2) is 53.4 Å². The number of halogens is 1. The summed E-state index contributed by atoms with van der Waals surface area (Å²) < 4.78 is 45.4. The maximum atomic E-state index is 13.1. The molecule has 0 saturated carbocycles. The number of carbonyl (C=O) groups excluding carboxylic acids is 1. The topological polar surface area (TPSA) is 75.7 Å². The molecule has 1 aliphatic heterocycles. The van der Waals surface area contributed by atoms with Crippen molar-refractivity contribution in [2.24, 2.45) is 0 Å². The Kier molecular flexibility index (Phi) is 6.64. The quantitative estimate of drug-likeness (QED) is 0.718. The minimum Gasteiger partial charge on any atom is -0.492 e. The molecule has 150 valence electrons. The standard InChI is InChI=1S/C20H23FN2O4S/c21-17-7-5-8-18(15-17)27-13-10-22-20(24)16-6-4-9-19(14-16)28(25,26)23-11-2-1-3-12-23/h4-9,14-15H,1-3,10-13H2,(H,22,24). The summed E-state index contributed by atoms with van der Waals surface area (Å²) in [5.41, 5.74) is 0.267. The van der Waals surface area contributed by atoms with Crippen molar-refractivity contribution in [1.82, 2.24) is 9.62 Å². The van der Waals surface area contributed by atoms with Crippen LogP contribution in [0.25, 0.3) is 0 Å². The molecule has 1 N–H and O–H groups in total. The molecule has 0 spiro atoms. The molecule has 1 saturated heterocycles. The molecule has 1 aliphatic rings. The second-order valence-electron chi connectivity index (χ2n) is 6.55. The first-order valence-electron chi connectivity index (χ1n) is 9.23. The second-order valence-corrected chi connectivity index (χ2v) is 8.49. The van der Waals surface area contributed by atoms with Crippen LogP contribution in [0, 0.1) is 5.82 Å². The van der Waals surface area contributed by atoms with E-state index in [4.69, 9.17) is 4.74 Å². The van der Waals surface area contributed by atoms with E-state index in [-0.39, 0.29) is 23.6 Å². The SMILES string of the molecule is O=C(NCCOc1cccc(F)c1)c1cccc(S(=O)(=O)N2CCCCC2)c1. The molecule has 0 radical (unpaired) electrons. The predicted molar refractivity (Wildman–Crippen MR) is 103 cm³/mol. The lowest BCUT2D eigenvalue weighted by Gasteiger charge is -2.26. The molecule has 3 rings (SSSR count). The van der Waals surface area contributed by atoms with E-state index in [1.165, 1.54) is 34.6 Å². The Morgan fingerprint density at radius 2 is 1.82 bits per heavy atom. The number of piperidine rings is 1. The zero-order chi connectivity index (χ0) is 20.0. The largest absolute Gasteiger partial charge is 0.492 e. The van der Waals surface area contributed by atoms with Gasteiger partial charge in [-0.05, 0) is 43.2 Å². The van der Waals surface area contributed by atoms with Gasteiger partial charge >= 0.3 is 0 Å². The normalized spacial score (nSPS) is 15.2. The van der Waals surface area contributed by atoms with Gasteiger partial charge in [0.25, 0.3) is 5.91 Å². The molecule has 8 heteroatoms. The number of carbonyl (C=O) groups is 1. The highest BCUT2D eigenvalue weighted by Gasteiger charge is 2.26. The number of ether oxygens (including phenoxy) is 1. The van der Waals surface area contributed by atoms with E-state index in [0.29, 0.717) is 18.8 Å². The molecule has 6 nitrogen and oxygen atoms in total. The van der Waals surface area contributed by atoms with E-state index in [9.17, 15) is 17.6 Å². The van der Waals surface area contributed by atoms with E-state index in [2.05, 4.69) is 5.32 Å². The summed E-state index contributed by atoms with van der Waals surface area (Å²) in [6.45, 7) is 1.39. The molecule has 2 aromatic carbocycles. The zero-order valence-electron chi connectivity index (χ0n) is 15.4. The molecule has 2 aromatic rings. The van der Waals surface area contributed by atoms with Gasteiger partial charge in [-0.15, -0.1) is 0 Å². The Bertz CT molecular complexity index is 927. The Balaban J connectivity index is 1.57. The van der Waals surface area contributed by atoms with Crippen molar-refractivity contribution < 1.29 is 22.3 Å². The molecule has 0 aromatic heterocycles. The predicted octanol–water partition coefficient (Wildman–Crippen LogP) is 2.81. The smallest absolute Gasteiger partial charge is 0.251 e. The van der Waals surface area contributed by atoms with Crippen molar-refractivity contribution in [3.8, 4) is 5.75 Å². The molecular formula is C20H23FN2O4S. The van der Waals surface area contributed by atoms with Crippen LogP contribution in [0.2, 0.25) is 0 Å². The summed E-state index contributed by atoms with van der Waals surface area (Å²) in [5, 5.41) is 2.68. The number of nitrogens with zero attached hydrogens (tertiary/aromatic N) is 1. The Labute approximate surface area is 164 Å². The number of benzene rings is 2. The van der Waals surface area contributed by atoms with Crippen LogP contribution in [0.3, 0.4) is 0 Å². The molecule has 0 bridgehead atoms. The average Bonchev–Trinajstić information content (AvgIpc) is 2.72. The number of amides is 1. The summed E-state index contributed by atoms with van der Waals surface area (Å²) in [7, 11) is -3.59. The molecule has 1 heterocycles. The number of hydrogen-bond donors (Lipinski definition) is 1. The van der Waals surface area contributed by atoms with Crippen molar-refractivity contribution in [3.05, 3.63) is 59.9 Å². The highest BCUT2D eigenvalue weighted by molar-refractivity contribution is 7.89. The van der Waals surface area contributed by atoms with E-state index in [1.807, 2.05) is 0 Å². The molecule has 0 aliphatic carbocycles. The van der Waals surface area contributed by atoms with Crippen LogP contribution >= 0.6 is 0 Å². The van der Waals surface area contributed by atoms with Gasteiger partial charge in [-0.2, -0.15) is 4.31 Å².